The van der Waals surface area contributed by atoms with Gasteiger partial charge in [0.25, 0.3) is 11.8 Å². The Morgan fingerprint density at radius 2 is 1.59 bits per heavy atom. The van der Waals surface area contributed by atoms with Crippen molar-refractivity contribution in [3.8, 4) is 0 Å². The standard InChI is InChI=1S/C27H30N2O5/c1-18(2)14-27(15-23(30)31)20(17-28(26(27)34)16-19-8-4-3-5-9-19)12-13-29-24(32)21-10-6-7-11-22(21)25(29)33/h3-11,18,20H,12-17H2,1-2H3,(H,30,31). The van der Waals surface area contributed by atoms with Crippen molar-refractivity contribution in [3.63, 3.8) is 0 Å². The Morgan fingerprint density at radius 3 is 2.15 bits per heavy atom. The molecule has 2 heterocycles. The molecular formula is C27H30N2O5. The average Bonchev–Trinajstić information content (AvgIpc) is 3.18. The summed E-state index contributed by atoms with van der Waals surface area (Å²) in [5, 5.41) is 9.76. The van der Waals surface area contributed by atoms with E-state index in [2.05, 4.69) is 0 Å². The topological polar surface area (TPSA) is 95.0 Å². The summed E-state index contributed by atoms with van der Waals surface area (Å²) in [5.41, 5.74) is 0.693. The van der Waals surface area contributed by atoms with Gasteiger partial charge in [-0.25, -0.2) is 0 Å². The van der Waals surface area contributed by atoms with E-state index in [9.17, 15) is 24.3 Å². The van der Waals surface area contributed by atoms with Crippen molar-refractivity contribution in [1.82, 2.24) is 9.80 Å². The number of carbonyl (C=O) groups excluding carboxylic acids is 3. The summed E-state index contributed by atoms with van der Waals surface area (Å²) in [6.45, 7) is 4.93. The van der Waals surface area contributed by atoms with E-state index in [1.54, 1.807) is 29.2 Å². The summed E-state index contributed by atoms with van der Waals surface area (Å²) in [7, 11) is 0. The predicted octanol–water partition coefficient (Wildman–Crippen LogP) is 3.84. The number of imide groups is 1. The second-order valence-electron chi connectivity index (χ2n) is 9.79. The van der Waals surface area contributed by atoms with Crippen molar-refractivity contribution >= 4 is 23.7 Å². The second kappa shape index (κ2) is 9.41. The van der Waals surface area contributed by atoms with Crippen LogP contribution < -0.4 is 0 Å². The van der Waals surface area contributed by atoms with E-state index >= 15 is 0 Å². The fourth-order valence-corrected chi connectivity index (χ4v) is 5.59. The third-order valence-corrected chi connectivity index (χ3v) is 6.97. The molecule has 2 aliphatic heterocycles. The lowest BCUT2D eigenvalue weighted by Crippen LogP contribution is -2.41. The van der Waals surface area contributed by atoms with E-state index in [1.807, 2.05) is 44.2 Å². The van der Waals surface area contributed by atoms with E-state index < -0.39 is 11.4 Å². The Hall–Kier alpha value is -3.48. The van der Waals surface area contributed by atoms with Crippen LogP contribution in [0.15, 0.2) is 54.6 Å². The quantitative estimate of drug-likeness (QED) is 0.572. The Morgan fingerprint density at radius 1 is 1.00 bits per heavy atom. The summed E-state index contributed by atoms with van der Waals surface area (Å²) in [6, 6.07) is 16.4. The lowest BCUT2D eigenvalue weighted by atomic mass is 9.68. The maximum absolute atomic E-state index is 13.7. The van der Waals surface area contributed by atoms with Crippen LogP contribution in [0.5, 0.6) is 0 Å². The highest BCUT2D eigenvalue weighted by atomic mass is 16.4. The molecule has 1 N–H and O–H groups in total. The number of aliphatic carboxylic acids is 1. The van der Waals surface area contributed by atoms with Crippen molar-refractivity contribution in [2.45, 2.75) is 39.7 Å². The fourth-order valence-electron chi connectivity index (χ4n) is 5.59. The molecule has 2 atom stereocenters. The number of hydrogen-bond acceptors (Lipinski definition) is 4. The highest BCUT2D eigenvalue weighted by Crippen LogP contribution is 2.47. The first kappa shape index (κ1) is 23.7. The maximum Gasteiger partial charge on any atom is 0.304 e. The van der Waals surface area contributed by atoms with Gasteiger partial charge in [0.15, 0.2) is 0 Å². The molecule has 0 saturated carbocycles. The first-order chi connectivity index (χ1) is 16.2. The van der Waals surface area contributed by atoms with Crippen LogP contribution in [-0.2, 0) is 16.1 Å². The first-order valence-corrected chi connectivity index (χ1v) is 11.7. The minimum absolute atomic E-state index is 0.113. The summed E-state index contributed by atoms with van der Waals surface area (Å²) in [4.78, 5) is 54.3. The number of carboxylic acid groups (broad SMARTS) is 1. The van der Waals surface area contributed by atoms with Gasteiger partial charge >= 0.3 is 5.97 Å². The zero-order valence-corrected chi connectivity index (χ0v) is 19.6. The molecule has 0 radical (unpaired) electrons. The minimum Gasteiger partial charge on any atom is -0.481 e. The van der Waals surface area contributed by atoms with Gasteiger partial charge in [0.2, 0.25) is 5.91 Å². The third-order valence-electron chi connectivity index (χ3n) is 6.97. The third kappa shape index (κ3) is 4.34. The number of amides is 3. The second-order valence-corrected chi connectivity index (χ2v) is 9.79. The van der Waals surface area contributed by atoms with Gasteiger partial charge in [0, 0.05) is 19.6 Å². The number of carboxylic acids is 1. The van der Waals surface area contributed by atoms with Gasteiger partial charge in [-0.3, -0.25) is 24.1 Å². The summed E-state index contributed by atoms with van der Waals surface area (Å²) in [5.74, 6) is -2.01. The summed E-state index contributed by atoms with van der Waals surface area (Å²) >= 11 is 0. The van der Waals surface area contributed by atoms with Crippen molar-refractivity contribution in [2.24, 2.45) is 17.3 Å². The number of benzene rings is 2. The maximum atomic E-state index is 13.7. The van der Waals surface area contributed by atoms with Gasteiger partial charge in [-0.1, -0.05) is 56.3 Å². The average molecular weight is 463 g/mol. The molecule has 3 amide bonds. The molecule has 4 rings (SSSR count). The van der Waals surface area contributed by atoms with Crippen molar-refractivity contribution in [3.05, 3.63) is 71.3 Å². The van der Waals surface area contributed by atoms with Gasteiger partial charge in [0.05, 0.1) is 23.0 Å². The lowest BCUT2D eigenvalue weighted by molar-refractivity contribution is -0.149. The minimum atomic E-state index is -1.06. The molecule has 2 aromatic rings. The van der Waals surface area contributed by atoms with Gasteiger partial charge in [-0.15, -0.1) is 0 Å². The van der Waals surface area contributed by atoms with Crippen LogP contribution in [0.25, 0.3) is 0 Å². The van der Waals surface area contributed by atoms with Crippen LogP contribution in [-0.4, -0.2) is 51.7 Å². The van der Waals surface area contributed by atoms with E-state index in [0.717, 1.165) is 5.56 Å². The molecule has 34 heavy (non-hydrogen) atoms. The first-order valence-electron chi connectivity index (χ1n) is 11.7. The number of likely N-dealkylation sites (tertiary alicyclic amines) is 1. The van der Waals surface area contributed by atoms with Gasteiger partial charge in [-0.05, 0) is 42.4 Å². The molecular weight excluding hydrogens is 432 g/mol. The van der Waals surface area contributed by atoms with Crippen LogP contribution in [0.2, 0.25) is 0 Å². The Balaban J connectivity index is 1.60. The molecule has 0 spiro atoms. The van der Waals surface area contributed by atoms with Crippen LogP contribution >= 0.6 is 0 Å². The zero-order valence-electron chi connectivity index (χ0n) is 19.6. The summed E-state index contributed by atoms with van der Waals surface area (Å²) < 4.78 is 0. The van der Waals surface area contributed by atoms with E-state index in [-0.39, 0.29) is 42.5 Å². The van der Waals surface area contributed by atoms with Gasteiger partial charge in [0.1, 0.15) is 0 Å². The number of carbonyl (C=O) groups is 4. The number of nitrogens with zero attached hydrogens (tertiary/aromatic N) is 2. The van der Waals surface area contributed by atoms with Crippen LogP contribution in [0, 0.1) is 17.3 Å². The molecule has 178 valence electrons. The molecule has 0 bridgehead atoms. The molecule has 0 aliphatic carbocycles. The van der Waals surface area contributed by atoms with Crippen LogP contribution in [0.1, 0.15) is 59.4 Å². The van der Waals surface area contributed by atoms with Crippen LogP contribution in [0.4, 0.5) is 0 Å². The highest BCUT2D eigenvalue weighted by molar-refractivity contribution is 6.21. The van der Waals surface area contributed by atoms with E-state index in [4.69, 9.17) is 0 Å². The molecule has 7 heteroatoms. The Bertz CT molecular complexity index is 1080. The zero-order chi connectivity index (χ0) is 24.5. The molecule has 0 aromatic heterocycles. The lowest BCUT2D eigenvalue weighted by Gasteiger charge is -2.33. The van der Waals surface area contributed by atoms with E-state index in [0.29, 0.717) is 37.1 Å². The smallest absolute Gasteiger partial charge is 0.304 e. The molecule has 2 aromatic carbocycles. The molecule has 2 aliphatic rings. The van der Waals surface area contributed by atoms with Crippen molar-refractivity contribution in [1.29, 1.82) is 0 Å². The fraction of sp³-hybridized carbons (Fsp3) is 0.407. The highest BCUT2D eigenvalue weighted by Gasteiger charge is 2.55. The van der Waals surface area contributed by atoms with Crippen molar-refractivity contribution < 1.29 is 24.3 Å². The Kier molecular flexibility index (Phi) is 6.55. The Labute approximate surface area is 199 Å². The molecule has 7 nitrogen and oxygen atoms in total. The van der Waals surface area contributed by atoms with Crippen LogP contribution in [0.3, 0.4) is 0 Å². The number of fused-ring (bicyclic) bond motifs is 1. The molecule has 1 saturated heterocycles. The number of rotatable bonds is 9. The summed E-state index contributed by atoms with van der Waals surface area (Å²) in [6.07, 6.45) is 0.556. The van der Waals surface area contributed by atoms with Gasteiger partial charge in [-0.2, -0.15) is 0 Å². The van der Waals surface area contributed by atoms with Crippen molar-refractivity contribution in [2.75, 3.05) is 13.1 Å². The van der Waals surface area contributed by atoms with Gasteiger partial charge < -0.3 is 10.0 Å². The monoisotopic (exact) mass is 462 g/mol. The molecule has 2 unspecified atom stereocenters. The largest absolute Gasteiger partial charge is 0.481 e. The predicted molar refractivity (Wildman–Crippen MR) is 126 cm³/mol. The molecule has 1 fully saturated rings. The SMILES string of the molecule is CC(C)CC1(CC(=O)O)C(=O)N(Cc2ccccc2)CC1CCN1C(=O)c2ccccc2C1=O. The van der Waals surface area contributed by atoms with E-state index in [1.165, 1.54) is 4.90 Å². The normalized spacial score (nSPS) is 22.1. The number of hydrogen-bond donors (Lipinski definition) is 1.